The first-order chi connectivity index (χ1) is 11.5. The number of nitrogens with zero attached hydrogens (tertiary/aromatic N) is 2. The van der Waals surface area contributed by atoms with E-state index in [4.69, 9.17) is 5.14 Å². The van der Waals surface area contributed by atoms with Gasteiger partial charge in [0.05, 0.1) is 5.52 Å². The average Bonchev–Trinajstić information content (AvgIpc) is 2.94. The maximum absolute atomic E-state index is 11.5. The zero-order valence-electron chi connectivity index (χ0n) is 13.7. The van der Waals surface area contributed by atoms with Crippen molar-refractivity contribution in [1.29, 1.82) is 0 Å². The second-order valence-corrected chi connectivity index (χ2v) is 7.76. The summed E-state index contributed by atoms with van der Waals surface area (Å²) in [6.45, 7) is 5.54. The van der Waals surface area contributed by atoms with E-state index in [1.807, 2.05) is 12.1 Å². The molecule has 24 heavy (non-hydrogen) atoms. The third kappa shape index (κ3) is 3.41. The molecule has 6 heteroatoms. The molecular formula is C18H23N3O2S. The molecular weight excluding hydrogens is 322 g/mol. The number of primary sulfonamides is 1. The number of sulfonamides is 1. The van der Waals surface area contributed by atoms with Crippen LogP contribution in [0.25, 0.3) is 10.9 Å². The van der Waals surface area contributed by atoms with Crippen LogP contribution in [0.5, 0.6) is 0 Å². The van der Waals surface area contributed by atoms with Gasteiger partial charge in [-0.1, -0.05) is 24.8 Å². The van der Waals surface area contributed by atoms with Crippen molar-refractivity contribution in [2.24, 2.45) is 5.14 Å². The molecule has 1 aromatic carbocycles. The molecule has 0 aliphatic carbocycles. The fourth-order valence-corrected chi connectivity index (χ4v) is 3.92. The summed E-state index contributed by atoms with van der Waals surface area (Å²) in [5.41, 5.74) is 4.75. The number of para-hydroxylation sites is 1. The molecule has 2 aromatic rings. The van der Waals surface area contributed by atoms with Crippen molar-refractivity contribution in [2.45, 2.75) is 32.1 Å². The molecule has 1 fully saturated rings. The fourth-order valence-electron chi connectivity index (χ4n) is 3.34. The number of aromatic nitrogens is 1. The van der Waals surface area contributed by atoms with Crippen LogP contribution >= 0.6 is 0 Å². The lowest BCUT2D eigenvalue weighted by atomic mass is 10.1. The van der Waals surface area contributed by atoms with Gasteiger partial charge < -0.3 is 5.01 Å². The van der Waals surface area contributed by atoms with E-state index in [1.54, 1.807) is 0 Å². The first-order valence-corrected chi connectivity index (χ1v) is 9.81. The number of hydrogen-bond acceptors (Lipinski definition) is 3. The maximum Gasteiger partial charge on any atom is 0.241 e. The highest BCUT2D eigenvalue weighted by molar-refractivity contribution is 7.93. The molecule has 0 atom stereocenters. The highest BCUT2D eigenvalue weighted by Gasteiger charge is 2.17. The Labute approximate surface area is 143 Å². The Morgan fingerprint density at radius 2 is 1.92 bits per heavy atom. The van der Waals surface area contributed by atoms with Crippen molar-refractivity contribution < 1.29 is 8.42 Å². The van der Waals surface area contributed by atoms with E-state index in [0.717, 1.165) is 29.6 Å². The second kappa shape index (κ2) is 6.85. The minimum Gasteiger partial charge on any atom is -0.313 e. The van der Waals surface area contributed by atoms with Crippen LogP contribution in [0.1, 0.15) is 31.2 Å². The highest BCUT2D eigenvalue weighted by Crippen LogP contribution is 2.25. The van der Waals surface area contributed by atoms with Crippen LogP contribution in [0.15, 0.2) is 47.7 Å². The highest BCUT2D eigenvalue weighted by atomic mass is 32.2. The van der Waals surface area contributed by atoms with Crippen molar-refractivity contribution in [3.63, 3.8) is 0 Å². The summed E-state index contributed by atoms with van der Waals surface area (Å²) in [5, 5.41) is 8.72. The summed E-state index contributed by atoms with van der Waals surface area (Å²) in [6, 6.07) is 8.24. The molecule has 1 aromatic heterocycles. The van der Waals surface area contributed by atoms with Gasteiger partial charge in [-0.15, -0.1) is 5.73 Å². The molecule has 2 heterocycles. The molecule has 2 N–H and O–H groups in total. The van der Waals surface area contributed by atoms with Gasteiger partial charge >= 0.3 is 0 Å². The van der Waals surface area contributed by atoms with E-state index >= 15 is 0 Å². The Morgan fingerprint density at radius 3 is 2.58 bits per heavy atom. The number of fused-ring (bicyclic) bond motifs is 1. The van der Waals surface area contributed by atoms with Crippen LogP contribution < -0.4 is 10.1 Å². The standard InChI is InChI=1S/C18H23N3O2S/c1-2-16(24(19,22)23)11-10-15-14-21(20-12-6-3-7-13-20)18-9-5-4-8-17(15)18/h4-5,8-9,14H,1,3,6-7,10-13H2,(H2,19,22,23). The smallest absolute Gasteiger partial charge is 0.241 e. The van der Waals surface area contributed by atoms with Gasteiger partial charge in [0.25, 0.3) is 0 Å². The third-order valence-corrected chi connectivity index (χ3v) is 5.61. The summed E-state index contributed by atoms with van der Waals surface area (Å²) in [7, 11) is -3.73. The van der Waals surface area contributed by atoms with Gasteiger partial charge in [0, 0.05) is 24.7 Å². The average molecular weight is 345 g/mol. The molecule has 5 nitrogen and oxygen atoms in total. The number of nitrogens with two attached hydrogens (primary N) is 1. The molecule has 0 spiro atoms. The number of aryl methyl sites for hydroxylation is 1. The third-order valence-electron chi connectivity index (χ3n) is 4.57. The zero-order valence-corrected chi connectivity index (χ0v) is 14.6. The molecule has 0 bridgehead atoms. The first-order valence-electron chi connectivity index (χ1n) is 8.26. The Kier molecular flexibility index (Phi) is 4.81. The minimum absolute atomic E-state index is 0.0669. The molecule has 3 rings (SSSR count). The van der Waals surface area contributed by atoms with Gasteiger partial charge in [0.1, 0.15) is 4.91 Å². The normalized spacial score (nSPS) is 15.5. The van der Waals surface area contributed by atoms with Crippen LogP contribution in [0.2, 0.25) is 0 Å². The van der Waals surface area contributed by atoms with E-state index in [2.05, 4.69) is 40.3 Å². The number of rotatable bonds is 5. The van der Waals surface area contributed by atoms with Crippen LogP contribution in [-0.2, 0) is 16.4 Å². The van der Waals surface area contributed by atoms with Crippen molar-refractivity contribution in [3.05, 3.63) is 53.2 Å². The van der Waals surface area contributed by atoms with Gasteiger partial charge in [-0.25, -0.2) is 13.6 Å². The largest absolute Gasteiger partial charge is 0.313 e. The molecule has 1 aliphatic rings. The fraction of sp³-hybridized carbons (Fsp3) is 0.389. The molecule has 0 radical (unpaired) electrons. The van der Waals surface area contributed by atoms with E-state index < -0.39 is 10.0 Å². The summed E-state index contributed by atoms with van der Waals surface area (Å²) < 4.78 is 25.3. The van der Waals surface area contributed by atoms with Crippen molar-refractivity contribution >= 4 is 20.9 Å². The molecule has 1 saturated heterocycles. The van der Waals surface area contributed by atoms with Crippen molar-refractivity contribution in [1.82, 2.24) is 4.68 Å². The van der Waals surface area contributed by atoms with Gasteiger partial charge in [-0.05, 0) is 43.7 Å². The number of hydrogen-bond donors (Lipinski definition) is 1. The predicted octanol–water partition coefficient (Wildman–Crippen LogP) is 2.65. The second-order valence-electron chi connectivity index (χ2n) is 6.18. The van der Waals surface area contributed by atoms with Gasteiger partial charge in [-0.3, -0.25) is 4.68 Å². The quantitative estimate of drug-likeness (QED) is 0.847. The topological polar surface area (TPSA) is 68.3 Å². The molecule has 1 aliphatic heterocycles. The van der Waals surface area contributed by atoms with E-state index in [1.165, 1.54) is 19.3 Å². The first kappa shape index (κ1) is 16.8. The van der Waals surface area contributed by atoms with E-state index in [0.29, 0.717) is 12.8 Å². The Morgan fingerprint density at radius 1 is 1.21 bits per heavy atom. The Balaban J connectivity index is 1.92. The van der Waals surface area contributed by atoms with Gasteiger partial charge in [0.15, 0.2) is 0 Å². The van der Waals surface area contributed by atoms with Crippen molar-refractivity contribution in [3.8, 4) is 0 Å². The minimum atomic E-state index is -3.73. The van der Waals surface area contributed by atoms with E-state index in [-0.39, 0.29) is 4.91 Å². The maximum atomic E-state index is 11.5. The van der Waals surface area contributed by atoms with Crippen molar-refractivity contribution in [2.75, 3.05) is 18.1 Å². The Hall–Kier alpha value is -2.01. The molecule has 0 unspecified atom stereocenters. The monoisotopic (exact) mass is 345 g/mol. The zero-order chi connectivity index (χ0) is 17.2. The van der Waals surface area contributed by atoms with Crippen LogP contribution in [-0.4, -0.2) is 26.2 Å². The molecule has 0 saturated carbocycles. The molecule has 0 amide bonds. The van der Waals surface area contributed by atoms with E-state index in [9.17, 15) is 8.42 Å². The van der Waals surface area contributed by atoms with Gasteiger partial charge in [-0.2, -0.15) is 0 Å². The number of benzene rings is 1. The van der Waals surface area contributed by atoms with Gasteiger partial charge in [0.2, 0.25) is 10.0 Å². The lowest BCUT2D eigenvalue weighted by Gasteiger charge is -2.30. The van der Waals surface area contributed by atoms with Crippen LogP contribution in [0.3, 0.4) is 0 Å². The lowest BCUT2D eigenvalue weighted by molar-refractivity contribution is 0.486. The lowest BCUT2D eigenvalue weighted by Crippen LogP contribution is -2.38. The summed E-state index contributed by atoms with van der Waals surface area (Å²) in [4.78, 5) is 0.0669. The summed E-state index contributed by atoms with van der Waals surface area (Å²) in [5.74, 6) is 0. The summed E-state index contributed by atoms with van der Waals surface area (Å²) >= 11 is 0. The predicted molar refractivity (Wildman–Crippen MR) is 97.8 cm³/mol. The SMILES string of the molecule is C=C=C(CCc1cn(N2CCCCC2)c2ccccc12)S(N)(=O)=O. The van der Waals surface area contributed by atoms with Crippen LogP contribution in [0, 0.1) is 0 Å². The summed E-state index contributed by atoms with van der Waals surface area (Å²) in [6.07, 6.45) is 6.73. The Bertz CT molecular complexity index is 886. The molecule has 128 valence electrons. The number of piperidine rings is 1. The number of allylic oxidation sites excluding steroid dienone is 1. The van der Waals surface area contributed by atoms with Crippen LogP contribution in [0.4, 0.5) is 0 Å².